The van der Waals surface area contributed by atoms with Crippen molar-refractivity contribution in [1.29, 1.82) is 0 Å². The van der Waals surface area contributed by atoms with Crippen LogP contribution in [-0.2, 0) is 4.74 Å². The van der Waals surface area contributed by atoms with E-state index in [1.54, 1.807) is 0 Å². The van der Waals surface area contributed by atoms with E-state index in [9.17, 15) is 0 Å². The fourth-order valence-corrected chi connectivity index (χ4v) is 4.96. The Kier molecular flexibility index (Phi) is 14.1. The molecule has 3 aromatic rings. The second-order valence-electron chi connectivity index (χ2n) is 10.6. The zero-order valence-corrected chi connectivity index (χ0v) is 24.2. The molecule has 1 unspecified atom stereocenters. The molecular formula is C36H50O2. The van der Waals surface area contributed by atoms with Crippen LogP contribution < -0.4 is 4.74 Å². The van der Waals surface area contributed by atoms with Gasteiger partial charge in [0.1, 0.15) is 5.75 Å². The molecule has 0 aromatic heterocycles. The fraction of sp³-hybridized carbons (Fsp3) is 0.500. The molecule has 0 aliphatic carbocycles. The van der Waals surface area contributed by atoms with Crippen molar-refractivity contribution in [2.24, 2.45) is 0 Å². The number of benzene rings is 3. The lowest BCUT2D eigenvalue weighted by atomic mass is 9.94. The average Bonchev–Trinajstić information content (AvgIpc) is 2.96. The van der Waals surface area contributed by atoms with Crippen molar-refractivity contribution < 1.29 is 9.47 Å². The molecule has 0 fully saturated rings. The van der Waals surface area contributed by atoms with Gasteiger partial charge in [0.25, 0.3) is 0 Å². The summed E-state index contributed by atoms with van der Waals surface area (Å²) in [6.45, 7) is 8.30. The molecule has 0 spiro atoms. The Balaban J connectivity index is 1.48. The first-order chi connectivity index (χ1) is 18.7. The average molecular weight is 515 g/mol. The van der Waals surface area contributed by atoms with Crippen molar-refractivity contribution in [3.05, 3.63) is 78.4 Å². The van der Waals surface area contributed by atoms with Crippen molar-refractivity contribution in [3.8, 4) is 28.0 Å². The van der Waals surface area contributed by atoms with Gasteiger partial charge in [0.05, 0.1) is 12.7 Å². The van der Waals surface area contributed by atoms with E-state index in [1.165, 1.54) is 92.0 Å². The normalized spacial score (nSPS) is 12.0. The maximum atomic E-state index is 6.17. The minimum absolute atomic E-state index is 0.123. The van der Waals surface area contributed by atoms with Crippen LogP contribution in [0.4, 0.5) is 0 Å². The van der Waals surface area contributed by atoms with Crippen LogP contribution in [0.5, 0.6) is 5.75 Å². The van der Waals surface area contributed by atoms with Gasteiger partial charge in [-0.2, -0.15) is 0 Å². The van der Waals surface area contributed by atoms with Crippen molar-refractivity contribution >= 4 is 0 Å². The Morgan fingerprint density at radius 2 is 1.00 bits per heavy atom. The lowest BCUT2D eigenvalue weighted by molar-refractivity contribution is 0.0627. The van der Waals surface area contributed by atoms with Gasteiger partial charge in [0.2, 0.25) is 0 Å². The van der Waals surface area contributed by atoms with Gasteiger partial charge in [-0.15, -0.1) is 0 Å². The third kappa shape index (κ3) is 10.3. The van der Waals surface area contributed by atoms with Crippen LogP contribution >= 0.6 is 0 Å². The maximum absolute atomic E-state index is 6.17. The predicted octanol–water partition coefficient (Wildman–Crippen LogP) is 11.2. The summed E-state index contributed by atoms with van der Waals surface area (Å²) in [7, 11) is 0. The highest BCUT2D eigenvalue weighted by Gasteiger charge is 2.10. The predicted molar refractivity (Wildman–Crippen MR) is 164 cm³/mol. The number of hydrogen-bond acceptors (Lipinski definition) is 2. The molecule has 1 atom stereocenters. The molecule has 3 rings (SSSR count). The number of rotatable bonds is 19. The quantitative estimate of drug-likeness (QED) is 0.148. The summed E-state index contributed by atoms with van der Waals surface area (Å²) in [6, 6.07) is 26.1. The van der Waals surface area contributed by atoms with Gasteiger partial charge in [-0.3, -0.25) is 0 Å². The largest absolute Gasteiger partial charge is 0.494 e. The van der Waals surface area contributed by atoms with E-state index < -0.39 is 0 Å². The zero-order chi connectivity index (χ0) is 26.8. The number of hydrogen-bond donors (Lipinski definition) is 0. The van der Waals surface area contributed by atoms with Gasteiger partial charge in [-0.25, -0.2) is 0 Å². The van der Waals surface area contributed by atoms with Gasteiger partial charge >= 0.3 is 0 Å². The van der Waals surface area contributed by atoms with Crippen LogP contribution in [0.1, 0.15) is 109 Å². The van der Waals surface area contributed by atoms with E-state index in [-0.39, 0.29) is 6.10 Å². The minimum Gasteiger partial charge on any atom is -0.494 e. The van der Waals surface area contributed by atoms with Crippen LogP contribution in [0.25, 0.3) is 22.3 Å². The molecule has 38 heavy (non-hydrogen) atoms. The third-order valence-corrected chi connectivity index (χ3v) is 7.42. The van der Waals surface area contributed by atoms with E-state index >= 15 is 0 Å². The Morgan fingerprint density at radius 3 is 1.58 bits per heavy atom. The van der Waals surface area contributed by atoms with Crippen LogP contribution in [0.3, 0.4) is 0 Å². The molecule has 2 heteroatoms. The minimum atomic E-state index is 0.123. The monoisotopic (exact) mass is 514 g/mol. The molecule has 0 aliphatic rings. The molecule has 0 amide bonds. The van der Waals surface area contributed by atoms with Gasteiger partial charge < -0.3 is 9.47 Å². The van der Waals surface area contributed by atoms with Crippen molar-refractivity contribution in [3.63, 3.8) is 0 Å². The van der Waals surface area contributed by atoms with Crippen LogP contribution in [0, 0.1) is 0 Å². The highest BCUT2D eigenvalue weighted by Crippen LogP contribution is 2.33. The van der Waals surface area contributed by atoms with E-state index in [0.29, 0.717) is 0 Å². The van der Waals surface area contributed by atoms with E-state index in [0.717, 1.165) is 31.8 Å². The highest BCUT2D eigenvalue weighted by molar-refractivity contribution is 5.83. The van der Waals surface area contributed by atoms with Crippen LogP contribution in [0.2, 0.25) is 0 Å². The van der Waals surface area contributed by atoms with Crippen LogP contribution in [0.15, 0.2) is 72.8 Å². The molecular weight excluding hydrogens is 464 g/mol. The van der Waals surface area contributed by atoms with Gasteiger partial charge in [0, 0.05) is 6.61 Å². The van der Waals surface area contributed by atoms with Gasteiger partial charge in [-0.05, 0) is 59.7 Å². The van der Waals surface area contributed by atoms with Gasteiger partial charge in [-0.1, -0.05) is 139 Å². The Labute approximate surface area is 232 Å². The summed E-state index contributed by atoms with van der Waals surface area (Å²) in [5, 5.41) is 0. The standard InChI is InChI=1S/C36H50O2/c1-4-6-8-9-10-11-12-13-17-28-37-30(3)31-20-22-32(23-21-31)35-18-14-15-19-36(35)33-24-26-34(27-25-33)38-29-16-7-5-2/h14-15,18-27,30H,4-13,16-17,28-29H2,1-3H3. The van der Waals surface area contributed by atoms with E-state index in [1.807, 2.05) is 0 Å². The first kappa shape index (κ1) is 30.0. The topological polar surface area (TPSA) is 18.5 Å². The Bertz CT molecular complexity index is 1010. The molecule has 2 nitrogen and oxygen atoms in total. The first-order valence-corrected chi connectivity index (χ1v) is 15.3. The molecule has 206 valence electrons. The Morgan fingerprint density at radius 1 is 0.526 bits per heavy atom. The molecule has 0 aliphatic heterocycles. The second kappa shape index (κ2) is 17.8. The van der Waals surface area contributed by atoms with Crippen molar-refractivity contribution in [2.45, 2.75) is 104 Å². The fourth-order valence-electron chi connectivity index (χ4n) is 4.96. The summed E-state index contributed by atoms with van der Waals surface area (Å²) in [4.78, 5) is 0. The van der Waals surface area contributed by atoms with E-state index in [2.05, 4.69) is 93.6 Å². The van der Waals surface area contributed by atoms with E-state index in [4.69, 9.17) is 9.47 Å². The SMILES string of the molecule is CCCCCCCCCCCOC(C)c1ccc(-c2ccccc2-c2ccc(OCCCCC)cc2)cc1. The molecule has 0 heterocycles. The smallest absolute Gasteiger partial charge is 0.119 e. The zero-order valence-electron chi connectivity index (χ0n) is 24.2. The summed E-state index contributed by atoms with van der Waals surface area (Å²) >= 11 is 0. The summed E-state index contributed by atoms with van der Waals surface area (Å²) in [5.74, 6) is 0.947. The third-order valence-electron chi connectivity index (χ3n) is 7.42. The summed E-state index contributed by atoms with van der Waals surface area (Å²) in [6.07, 6.45) is 15.7. The van der Waals surface area contributed by atoms with Crippen LogP contribution in [-0.4, -0.2) is 13.2 Å². The molecule has 0 N–H and O–H groups in total. The maximum Gasteiger partial charge on any atom is 0.119 e. The lowest BCUT2D eigenvalue weighted by Crippen LogP contribution is -2.02. The van der Waals surface area contributed by atoms with Crippen molar-refractivity contribution in [2.75, 3.05) is 13.2 Å². The number of ether oxygens (including phenoxy) is 2. The molecule has 0 radical (unpaired) electrons. The summed E-state index contributed by atoms with van der Waals surface area (Å²) in [5.41, 5.74) is 6.18. The first-order valence-electron chi connectivity index (χ1n) is 15.3. The summed E-state index contributed by atoms with van der Waals surface area (Å²) < 4.78 is 12.1. The Hall–Kier alpha value is -2.58. The lowest BCUT2D eigenvalue weighted by Gasteiger charge is -2.15. The second-order valence-corrected chi connectivity index (χ2v) is 10.6. The van der Waals surface area contributed by atoms with Gasteiger partial charge in [0.15, 0.2) is 0 Å². The molecule has 0 saturated carbocycles. The molecule has 3 aromatic carbocycles. The number of unbranched alkanes of at least 4 members (excludes halogenated alkanes) is 10. The molecule has 0 bridgehead atoms. The van der Waals surface area contributed by atoms with Crippen molar-refractivity contribution in [1.82, 2.24) is 0 Å². The highest BCUT2D eigenvalue weighted by atomic mass is 16.5. The molecule has 0 saturated heterocycles.